The number of carboxylic acid groups (broad SMARTS) is 1. The highest BCUT2D eigenvalue weighted by atomic mass is 16.4. The number of aliphatic carboxylic acids is 1. The maximum absolute atomic E-state index is 10.6. The number of carbonyl (C=O) groups excluding carboxylic acids is 1. The van der Waals surface area contributed by atoms with Crippen LogP contribution in [0, 0.1) is 0 Å². The van der Waals surface area contributed by atoms with Crippen molar-refractivity contribution in [2.75, 3.05) is 13.1 Å². The van der Waals surface area contributed by atoms with Gasteiger partial charge in [0.15, 0.2) is 6.04 Å². The van der Waals surface area contributed by atoms with E-state index in [-0.39, 0.29) is 0 Å². The highest BCUT2D eigenvalue weighted by Crippen LogP contribution is 2.11. The Morgan fingerprint density at radius 2 is 1.92 bits per heavy atom. The van der Waals surface area contributed by atoms with E-state index in [9.17, 15) is 9.59 Å². The Balaban J connectivity index is 2.51. The molecule has 1 aliphatic heterocycles. The molecule has 1 N–H and O–H groups in total. The van der Waals surface area contributed by atoms with Gasteiger partial charge in [-0.3, -0.25) is 9.69 Å². The van der Waals surface area contributed by atoms with Crippen molar-refractivity contribution < 1.29 is 14.7 Å². The number of likely N-dealkylation sites (tertiary alicyclic amines) is 1. The predicted octanol–water partition coefficient (Wildman–Crippen LogP) is 0.124. The van der Waals surface area contributed by atoms with E-state index >= 15 is 0 Å². The molecule has 1 atom stereocenters. The minimum absolute atomic E-state index is 0.508. The smallest absolute Gasteiger partial charge is 0.328 e. The third kappa shape index (κ3) is 2.04. The van der Waals surface area contributed by atoms with E-state index in [1.807, 2.05) is 0 Å². The van der Waals surface area contributed by atoms with Crippen LogP contribution in [0.25, 0.3) is 0 Å². The second-order valence-electron chi connectivity index (χ2n) is 3.02. The average Bonchev–Trinajstić information content (AvgIpc) is 2.07. The van der Waals surface area contributed by atoms with Crippen molar-refractivity contribution in [2.45, 2.75) is 25.3 Å². The Hall–Kier alpha value is -0.900. The average molecular weight is 171 g/mol. The molecule has 0 bridgehead atoms. The summed E-state index contributed by atoms with van der Waals surface area (Å²) < 4.78 is 0. The van der Waals surface area contributed by atoms with Gasteiger partial charge in [-0.2, -0.15) is 0 Å². The minimum atomic E-state index is -1.04. The van der Waals surface area contributed by atoms with Gasteiger partial charge in [-0.25, -0.2) is 0 Å². The number of hydrogen-bond donors (Lipinski definition) is 1. The third-order valence-electron chi connectivity index (χ3n) is 2.17. The lowest BCUT2D eigenvalue weighted by atomic mass is 10.1. The maximum atomic E-state index is 10.6. The molecule has 1 rings (SSSR count). The zero-order valence-corrected chi connectivity index (χ0v) is 6.90. The molecule has 1 aliphatic rings. The second kappa shape index (κ2) is 4.21. The first-order chi connectivity index (χ1) is 5.75. The largest absolute Gasteiger partial charge is 0.480 e. The van der Waals surface area contributed by atoms with Crippen LogP contribution < -0.4 is 0 Å². The van der Waals surface area contributed by atoms with Crippen molar-refractivity contribution in [2.24, 2.45) is 0 Å². The summed E-state index contributed by atoms with van der Waals surface area (Å²) in [5, 5.41) is 8.65. The number of hydrogen-bond acceptors (Lipinski definition) is 3. The SMILES string of the molecule is O=CC(C(=O)O)N1CCCCC1. The first-order valence-electron chi connectivity index (χ1n) is 4.18. The molecule has 4 heteroatoms. The van der Waals surface area contributed by atoms with Gasteiger partial charge in [0.05, 0.1) is 0 Å². The summed E-state index contributed by atoms with van der Waals surface area (Å²) in [6, 6.07) is -0.926. The summed E-state index contributed by atoms with van der Waals surface area (Å²) >= 11 is 0. The maximum Gasteiger partial charge on any atom is 0.328 e. The topological polar surface area (TPSA) is 57.6 Å². The van der Waals surface area contributed by atoms with Crippen LogP contribution in [0.3, 0.4) is 0 Å². The molecule has 0 aromatic carbocycles. The molecule has 0 saturated carbocycles. The first kappa shape index (κ1) is 9.19. The molecule has 1 fully saturated rings. The number of rotatable bonds is 3. The fraction of sp³-hybridized carbons (Fsp3) is 0.750. The summed E-state index contributed by atoms with van der Waals surface area (Å²) in [6.07, 6.45) is 3.64. The lowest BCUT2D eigenvalue weighted by Gasteiger charge is -2.28. The number of carboxylic acids is 1. The van der Waals surface area contributed by atoms with E-state index in [2.05, 4.69) is 0 Å². The molecule has 1 unspecified atom stereocenters. The van der Waals surface area contributed by atoms with Gasteiger partial charge in [0.1, 0.15) is 6.29 Å². The molecule has 0 amide bonds. The van der Waals surface area contributed by atoms with E-state index in [0.29, 0.717) is 6.29 Å². The van der Waals surface area contributed by atoms with Crippen molar-refractivity contribution in [3.63, 3.8) is 0 Å². The zero-order valence-electron chi connectivity index (χ0n) is 6.90. The fourth-order valence-corrected chi connectivity index (χ4v) is 1.50. The molecule has 1 heterocycles. The van der Waals surface area contributed by atoms with Gasteiger partial charge in [0.25, 0.3) is 0 Å². The molecule has 68 valence electrons. The third-order valence-corrected chi connectivity index (χ3v) is 2.17. The number of aldehydes is 1. The minimum Gasteiger partial charge on any atom is -0.480 e. The Labute approximate surface area is 71.2 Å². The Bertz CT molecular complexity index is 175. The lowest BCUT2D eigenvalue weighted by Crippen LogP contribution is -2.45. The fourth-order valence-electron chi connectivity index (χ4n) is 1.50. The zero-order chi connectivity index (χ0) is 8.97. The van der Waals surface area contributed by atoms with Crippen LogP contribution in [0.5, 0.6) is 0 Å². The van der Waals surface area contributed by atoms with Gasteiger partial charge in [-0.15, -0.1) is 0 Å². The number of piperidine rings is 1. The Morgan fingerprint density at radius 3 is 2.33 bits per heavy atom. The summed E-state index contributed by atoms with van der Waals surface area (Å²) in [5.74, 6) is -1.04. The second-order valence-corrected chi connectivity index (χ2v) is 3.02. The van der Waals surface area contributed by atoms with E-state index in [1.54, 1.807) is 4.90 Å². The van der Waals surface area contributed by atoms with E-state index in [4.69, 9.17) is 5.11 Å². The standard InChI is InChI=1S/C8H13NO3/c10-6-7(8(11)12)9-4-2-1-3-5-9/h6-7H,1-5H2,(H,11,12). The van der Waals surface area contributed by atoms with Crippen molar-refractivity contribution >= 4 is 12.3 Å². The van der Waals surface area contributed by atoms with Crippen LogP contribution in [0.4, 0.5) is 0 Å². The van der Waals surface area contributed by atoms with E-state index in [0.717, 1.165) is 32.4 Å². The summed E-state index contributed by atoms with van der Waals surface area (Å²) in [4.78, 5) is 22.7. The van der Waals surface area contributed by atoms with Crippen LogP contribution in [-0.4, -0.2) is 41.4 Å². The highest BCUT2D eigenvalue weighted by molar-refractivity contribution is 5.90. The Morgan fingerprint density at radius 1 is 1.33 bits per heavy atom. The molecular weight excluding hydrogens is 158 g/mol. The lowest BCUT2D eigenvalue weighted by molar-refractivity contribution is -0.145. The van der Waals surface area contributed by atoms with E-state index < -0.39 is 12.0 Å². The van der Waals surface area contributed by atoms with Gasteiger partial charge in [0.2, 0.25) is 0 Å². The molecular formula is C8H13NO3. The van der Waals surface area contributed by atoms with Crippen LogP contribution in [-0.2, 0) is 9.59 Å². The monoisotopic (exact) mass is 171 g/mol. The van der Waals surface area contributed by atoms with Crippen LogP contribution in [0.2, 0.25) is 0 Å². The molecule has 0 aliphatic carbocycles. The van der Waals surface area contributed by atoms with Gasteiger partial charge < -0.3 is 9.90 Å². The molecule has 1 saturated heterocycles. The highest BCUT2D eigenvalue weighted by Gasteiger charge is 2.25. The summed E-state index contributed by atoms with van der Waals surface area (Å²) in [7, 11) is 0. The molecule has 4 nitrogen and oxygen atoms in total. The Kier molecular flexibility index (Phi) is 3.22. The van der Waals surface area contributed by atoms with Crippen LogP contribution >= 0.6 is 0 Å². The first-order valence-corrected chi connectivity index (χ1v) is 4.18. The molecule has 0 spiro atoms. The van der Waals surface area contributed by atoms with Crippen molar-refractivity contribution in [3.05, 3.63) is 0 Å². The molecule has 0 radical (unpaired) electrons. The summed E-state index contributed by atoms with van der Waals surface area (Å²) in [6.45, 7) is 1.46. The number of carbonyl (C=O) groups is 2. The van der Waals surface area contributed by atoms with Gasteiger partial charge in [-0.05, 0) is 25.9 Å². The normalized spacial score (nSPS) is 21.7. The van der Waals surface area contributed by atoms with Crippen LogP contribution in [0.1, 0.15) is 19.3 Å². The molecule has 0 aromatic heterocycles. The molecule has 12 heavy (non-hydrogen) atoms. The van der Waals surface area contributed by atoms with E-state index in [1.165, 1.54) is 0 Å². The van der Waals surface area contributed by atoms with Crippen molar-refractivity contribution in [1.82, 2.24) is 4.90 Å². The summed E-state index contributed by atoms with van der Waals surface area (Å²) in [5.41, 5.74) is 0. The van der Waals surface area contributed by atoms with Gasteiger partial charge in [-0.1, -0.05) is 6.42 Å². The molecule has 0 aromatic rings. The van der Waals surface area contributed by atoms with Gasteiger partial charge in [0, 0.05) is 0 Å². The predicted molar refractivity (Wildman–Crippen MR) is 42.9 cm³/mol. The van der Waals surface area contributed by atoms with Gasteiger partial charge >= 0.3 is 5.97 Å². The van der Waals surface area contributed by atoms with Crippen molar-refractivity contribution in [3.8, 4) is 0 Å². The van der Waals surface area contributed by atoms with Crippen molar-refractivity contribution in [1.29, 1.82) is 0 Å². The number of nitrogens with zero attached hydrogens (tertiary/aromatic N) is 1. The quantitative estimate of drug-likeness (QED) is 0.484. The van der Waals surface area contributed by atoms with Crippen LogP contribution in [0.15, 0.2) is 0 Å².